The fourth-order valence-corrected chi connectivity index (χ4v) is 3.56. The van der Waals surface area contributed by atoms with Gasteiger partial charge in [-0.3, -0.25) is 0 Å². The highest BCUT2D eigenvalue weighted by atomic mass is 32.2. The zero-order valence-electron chi connectivity index (χ0n) is 8.41. The van der Waals surface area contributed by atoms with E-state index in [-0.39, 0.29) is 6.61 Å². The van der Waals surface area contributed by atoms with Crippen molar-refractivity contribution < 1.29 is 13.5 Å². The maximum atomic E-state index is 11.1. The molecule has 1 aliphatic rings. The van der Waals surface area contributed by atoms with Gasteiger partial charge in [-0.1, -0.05) is 0 Å². The largest absolute Gasteiger partial charge is 0.396 e. The van der Waals surface area contributed by atoms with Gasteiger partial charge in [-0.05, 0) is 38.3 Å². The van der Waals surface area contributed by atoms with Gasteiger partial charge in [0.25, 0.3) is 0 Å². The summed E-state index contributed by atoms with van der Waals surface area (Å²) in [7, 11) is -2.72. The molecular weight excluding hydrogens is 202 g/mol. The lowest BCUT2D eigenvalue weighted by Crippen LogP contribution is -2.24. The van der Waals surface area contributed by atoms with Crippen molar-refractivity contribution in [3.63, 3.8) is 0 Å². The number of rotatable bonds is 6. The quantitative estimate of drug-likeness (QED) is 0.609. The van der Waals surface area contributed by atoms with Crippen molar-refractivity contribution in [1.29, 1.82) is 0 Å². The summed E-state index contributed by atoms with van der Waals surface area (Å²) >= 11 is 0. The van der Waals surface area contributed by atoms with E-state index >= 15 is 0 Å². The summed E-state index contributed by atoms with van der Waals surface area (Å²) in [4.78, 5) is 0. The monoisotopic (exact) mass is 221 g/mol. The number of hydrogen-bond acceptors (Lipinski definition) is 4. The molecule has 0 aromatic carbocycles. The molecule has 0 radical (unpaired) electrons. The van der Waals surface area contributed by atoms with Crippen LogP contribution < -0.4 is 5.32 Å². The van der Waals surface area contributed by atoms with Gasteiger partial charge in [0.15, 0.2) is 9.84 Å². The second-order valence-corrected chi connectivity index (χ2v) is 6.13. The van der Waals surface area contributed by atoms with E-state index < -0.39 is 9.84 Å². The highest BCUT2D eigenvalue weighted by molar-refractivity contribution is 7.91. The molecule has 0 saturated carbocycles. The number of hydrogen-bond donors (Lipinski definition) is 2. The predicted octanol–water partition coefficient (Wildman–Crippen LogP) is -0.217. The number of aliphatic hydroxyl groups is 1. The number of nitrogens with one attached hydrogen (secondary N) is 1. The molecule has 84 valence electrons. The van der Waals surface area contributed by atoms with Crippen LogP contribution in [0, 0.1) is 5.92 Å². The van der Waals surface area contributed by atoms with Crippen LogP contribution >= 0.6 is 0 Å². The number of unbranched alkanes of at least 4 members (excludes halogenated alkanes) is 1. The van der Waals surface area contributed by atoms with Gasteiger partial charge < -0.3 is 10.4 Å². The SMILES string of the molecule is O=S1(=O)CCC(CNCCCCO)C1. The van der Waals surface area contributed by atoms with E-state index in [0.717, 1.165) is 32.4 Å². The summed E-state index contributed by atoms with van der Waals surface area (Å²) in [5.74, 6) is 1.00. The molecule has 1 fully saturated rings. The highest BCUT2D eigenvalue weighted by Gasteiger charge is 2.27. The molecule has 4 nitrogen and oxygen atoms in total. The van der Waals surface area contributed by atoms with E-state index in [2.05, 4.69) is 5.32 Å². The van der Waals surface area contributed by atoms with Crippen molar-refractivity contribution in [3.8, 4) is 0 Å². The third kappa shape index (κ3) is 4.39. The molecule has 1 atom stereocenters. The van der Waals surface area contributed by atoms with Crippen LogP contribution in [0.15, 0.2) is 0 Å². The van der Waals surface area contributed by atoms with Crippen LogP contribution in [0.3, 0.4) is 0 Å². The van der Waals surface area contributed by atoms with Gasteiger partial charge in [0, 0.05) is 6.61 Å². The lowest BCUT2D eigenvalue weighted by atomic mass is 10.1. The molecule has 1 unspecified atom stereocenters. The minimum Gasteiger partial charge on any atom is -0.396 e. The van der Waals surface area contributed by atoms with Gasteiger partial charge in [0.2, 0.25) is 0 Å². The minimum atomic E-state index is -2.72. The Morgan fingerprint density at radius 1 is 1.36 bits per heavy atom. The molecule has 5 heteroatoms. The Kier molecular flexibility index (Phi) is 4.84. The van der Waals surface area contributed by atoms with Crippen LogP contribution in [0.5, 0.6) is 0 Å². The van der Waals surface area contributed by atoms with Gasteiger partial charge in [-0.2, -0.15) is 0 Å². The van der Waals surface area contributed by atoms with Crippen molar-refractivity contribution >= 4 is 9.84 Å². The third-order valence-corrected chi connectivity index (χ3v) is 4.36. The molecule has 1 heterocycles. The van der Waals surface area contributed by atoms with Crippen LogP contribution in [-0.2, 0) is 9.84 Å². The fourth-order valence-electron chi connectivity index (χ4n) is 1.70. The zero-order chi connectivity index (χ0) is 10.4. The minimum absolute atomic E-state index is 0.236. The van der Waals surface area contributed by atoms with Gasteiger partial charge in [-0.15, -0.1) is 0 Å². The van der Waals surface area contributed by atoms with Gasteiger partial charge in [-0.25, -0.2) is 8.42 Å². The smallest absolute Gasteiger partial charge is 0.150 e. The Labute approximate surface area is 85.6 Å². The first-order valence-electron chi connectivity index (χ1n) is 5.16. The molecule has 0 aromatic heterocycles. The van der Waals surface area contributed by atoms with Gasteiger partial charge >= 0.3 is 0 Å². The maximum Gasteiger partial charge on any atom is 0.150 e. The van der Waals surface area contributed by atoms with Crippen LogP contribution in [0.4, 0.5) is 0 Å². The lowest BCUT2D eigenvalue weighted by Gasteiger charge is -2.08. The first-order valence-corrected chi connectivity index (χ1v) is 6.98. The Bertz CT molecular complexity index is 251. The average molecular weight is 221 g/mol. The Balaban J connectivity index is 2.03. The van der Waals surface area contributed by atoms with Gasteiger partial charge in [0.1, 0.15) is 0 Å². The Morgan fingerprint density at radius 2 is 2.14 bits per heavy atom. The molecular formula is C9H19NO3S. The number of aliphatic hydroxyl groups excluding tert-OH is 1. The highest BCUT2D eigenvalue weighted by Crippen LogP contribution is 2.17. The van der Waals surface area contributed by atoms with Crippen LogP contribution in [0.2, 0.25) is 0 Å². The maximum absolute atomic E-state index is 11.1. The van der Waals surface area contributed by atoms with Crippen molar-refractivity contribution in [3.05, 3.63) is 0 Å². The van der Waals surface area contributed by atoms with Crippen LogP contribution in [0.1, 0.15) is 19.3 Å². The summed E-state index contributed by atoms with van der Waals surface area (Å²) in [5, 5.41) is 11.8. The first kappa shape index (κ1) is 11.9. The molecule has 1 rings (SSSR count). The molecule has 1 aliphatic heterocycles. The normalized spacial score (nSPS) is 25.4. The molecule has 0 spiro atoms. The van der Waals surface area contributed by atoms with Crippen molar-refractivity contribution in [2.24, 2.45) is 5.92 Å². The van der Waals surface area contributed by atoms with Crippen LogP contribution in [0.25, 0.3) is 0 Å². The molecule has 0 amide bonds. The molecule has 0 aliphatic carbocycles. The average Bonchev–Trinajstić information content (AvgIpc) is 2.45. The topological polar surface area (TPSA) is 66.4 Å². The van der Waals surface area contributed by atoms with Crippen molar-refractivity contribution in [2.75, 3.05) is 31.2 Å². The molecule has 0 aromatic rings. The predicted molar refractivity (Wildman–Crippen MR) is 56.0 cm³/mol. The fraction of sp³-hybridized carbons (Fsp3) is 1.00. The Morgan fingerprint density at radius 3 is 2.71 bits per heavy atom. The summed E-state index contributed by atoms with van der Waals surface area (Å²) < 4.78 is 22.2. The summed E-state index contributed by atoms with van der Waals surface area (Å²) in [6.45, 7) is 1.90. The zero-order valence-corrected chi connectivity index (χ0v) is 9.22. The number of sulfone groups is 1. The first-order chi connectivity index (χ1) is 6.64. The summed E-state index contributed by atoms with van der Waals surface area (Å²) in [6, 6.07) is 0. The van der Waals surface area contributed by atoms with Crippen molar-refractivity contribution in [1.82, 2.24) is 5.32 Å². The molecule has 0 bridgehead atoms. The molecule has 14 heavy (non-hydrogen) atoms. The van der Waals surface area contributed by atoms with E-state index in [1.54, 1.807) is 0 Å². The van der Waals surface area contributed by atoms with Crippen molar-refractivity contribution in [2.45, 2.75) is 19.3 Å². The molecule has 1 saturated heterocycles. The lowest BCUT2D eigenvalue weighted by molar-refractivity contribution is 0.283. The van der Waals surface area contributed by atoms with E-state index in [0.29, 0.717) is 17.4 Å². The third-order valence-electron chi connectivity index (χ3n) is 2.52. The Hall–Kier alpha value is -0.130. The molecule has 2 N–H and O–H groups in total. The standard InChI is InChI=1S/C9H19NO3S/c11-5-2-1-4-10-7-9-3-6-14(12,13)8-9/h9-11H,1-8H2. The van der Waals surface area contributed by atoms with Gasteiger partial charge in [0.05, 0.1) is 11.5 Å². The van der Waals surface area contributed by atoms with E-state index in [1.165, 1.54) is 0 Å². The van der Waals surface area contributed by atoms with E-state index in [4.69, 9.17) is 5.11 Å². The second-order valence-electron chi connectivity index (χ2n) is 3.90. The second kappa shape index (κ2) is 5.68. The van der Waals surface area contributed by atoms with E-state index in [9.17, 15) is 8.42 Å². The van der Waals surface area contributed by atoms with Crippen LogP contribution in [-0.4, -0.2) is 44.7 Å². The summed E-state index contributed by atoms with van der Waals surface area (Å²) in [5.41, 5.74) is 0. The summed E-state index contributed by atoms with van der Waals surface area (Å²) in [6.07, 6.45) is 2.57. The van der Waals surface area contributed by atoms with E-state index in [1.807, 2.05) is 0 Å².